The van der Waals surface area contributed by atoms with Crippen LogP contribution in [0.1, 0.15) is 5.56 Å². The average molecular weight is 345 g/mol. The molecule has 1 saturated heterocycles. The maximum Gasteiger partial charge on any atom is 0.129 e. The quantitative estimate of drug-likeness (QED) is 0.844. The van der Waals surface area contributed by atoms with E-state index >= 15 is 0 Å². The normalized spacial score (nSPS) is 20.2. The smallest absolute Gasteiger partial charge is 0.129 e. The number of likely N-dealkylation sites (N-methyl/N-ethyl adjacent to an activating group) is 1. The van der Waals surface area contributed by atoms with Gasteiger partial charge in [0.15, 0.2) is 0 Å². The minimum absolute atomic E-state index is 0.0848. The molecule has 1 heterocycles. The number of hydrogen-bond donors (Lipinski definition) is 1. The molecule has 2 rings (SSSR count). The van der Waals surface area contributed by atoms with Crippen LogP contribution in [0.2, 0.25) is 0 Å². The number of rotatable bonds is 4. The van der Waals surface area contributed by atoms with Gasteiger partial charge in [-0.25, -0.2) is 0 Å². The van der Waals surface area contributed by atoms with Gasteiger partial charge in [-0.05, 0) is 25.2 Å². The second-order valence-corrected chi connectivity index (χ2v) is 5.93. The van der Waals surface area contributed by atoms with E-state index in [0.717, 1.165) is 29.7 Å². The third kappa shape index (κ3) is 4.14. The molecule has 0 aliphatic carbocycles. The molecule has 0 saturated carbocycles. The zero-order valence-corrected chi connectivity index (χ0v) is 13.2. The van der Waals surface area contributed by atoms with Crippen LogP contribution in [-0.2, 0) is 4.74 Å². The van der Waals surface area contributed by atoms with Crippen molar-refractivity contribution in [2.24, 2.45) is 5.73 Å². The molecule has 1 fully saturated rings. The molecule has 1 aliphatic heterocycles. The summed E-state index contributed by atoms with van der Waals surface area (Å²) in [7, 11) is 2.08. The molecule has 0 radical (unpaired) electrons. The topological polar surface area (TPSA) is 47.7 Å². The van der Waals surface area contributed by atoms with Gasteiger partial charge < -0.3 is 20.1 Å². The lowest BCUT2D eigenvalue weighted by atomic mass is 10.2. The first kappa shape index (κ1) is 14.7. The Kier molecular flexibility index (Phi) is 5.15. The number of nitrogens with two attached hydrogens (primary N) is 1. The van der Waals surface area contributed by atoms with E-state index in [-0.39, 0.29) is 6.10 Å². The van der Waals surface area contributed by atoms with E-state index in [2.05, 4.69) is 27.9 Å². The number of morpholine rings is 1. The number of benzene rings is 1. The van der Waals surface area contributed by atoms with E-state index < -0.39 is 0 Å². The molecule has 0 aromatic heterocycles. The lowest BCUT2D eigenvalue weighted by Gasteiger charge is -2.30. The molecular formula is C13H17BrN2O2S. The average Bonchev–Trinajstić information content (AvgIpc) is 2.37. The second-order valence-electron chi connectivity index (χ2n) is 4.57. The Balaban J connectivity index is 2.01. The minimum Gasteiger partial charge on any atom is -0.490 e. The Labute approximate surface area is 127 Å². The van der Waals surface area contributed by atoms with Crippen LogP contribution in [0.15, 0.2) is 22.7 Å². The maximum absolute atomic E-state index is 5.80. The molecule has 0 amide bonds. The second kappa shape index (κ2) is 6.65. The van der Waals surface area contributed by atoms with E-state index in [4.69, 9.17) is 27.4 Å². The highest BCUT2D eigenvalue weighted by atomic mass is 79.9. The Morgan fingerprint density at radius 3 is 3.11 bits per heavy atom. The Bertz CT molecular complexity index is 470. The van der Waals surface area contributed by atoms with Gasteiger partial charge >= 0.3 is 0 Å². The van der Waals surface area contributed by atoms with Gasteiger partial charge in [-0.2, -0.15) is 0 Å². The SMILES string of the molecule is CN1CCOC(COc2ccc(Br)cc2C(N)=S)C1. The van der Waals surface area contributed by atoms with Gasteiger partial charge in [0.25, 0.3) is 0 Å². The molecule has 1 unspecified atom stereocenters. The van der Waals surface area contributed by atoms with Gasteiger partial charge in [-0.1, -0.05) is 28.1 Å². The standard InChI is InChI=1S/C13H17BrN2O2S/c1-16-4-5-17-10(7-16)8-18-12-3-2-9(14)6-11(12)13(15)19/h2-3,6,10H,4-5,7-8H2,1H3,(H2,15,19). The molecule has 1 aromatic carbocycles. The number of thiocarbonyl (C=S) groups is 1. The molecular weight excluding hydrogens is 328 g/mol. The highest BCUT2D eigenvalue weighted by Crippen LogP contribution is 2.23. The summed E-state index contributed by atoms with van der Waals surface area (Å²) in [5.41, 5.74) is 6.45. The van der Waals surface area contributed by atoms with Crippen molar-refractivity contribution in [1.29, 1.82) is 0 Å². The van der Waals surface area contributed by atoms with Gasteiger partial charge in [0.2, 0.25) is 0 Å². The van der Waals surface area contributed by atoms with Crippen LogP contribution in [0.4, 0.5) is 0 Å². The van der Waals surface area contributed by atoms with E-state index in [1.54, 1.807) is 0 Å². The molecule has 4 nitrogen and oxygen atoms in total. The molecule has 19 heavy (non-hydrogen) atoms. The van der Waals surface area contributed by atoms with Gasteiger partial charge in [-0.15, -0.1) is 0 Å². The largest absolute Gasteiger partial charge is 0.490 e. The minimum atomic E-state index is 0.0848. The van der Waals surface area contributed by atoms with Crippen molar-refractivity contribution < 1.29 is 9.47 Å². The summed E-state index contributed by atoms with van der Waals surface area (Å²) in [4.78, 5) is 2.56. The van der Waals surface area contributed by atoms with E-state index in [1.165, 1.54) is 0 Å². The number of ether oxygens (including phenoxy) is 2. The van der Waals surface area contributed by atoms with Crippen molar-refractivity contribution in [3.05, 3.63) is 28.2 Å². The van der Waals surface area contributed by atoms with Crippen LogP contribution in [-0.4, -0.2) is 49.3 Å². The number of halogens is 1. The summed E-state index contributed by atoms with van der Waals surface area (Å²) in [5, 5.41) is 0. The van der Waals surface area contributed by atoms with Crippen LogP contribution in [0, 0.1) is 0 Å². The van der Waals surface area contributed by atoms with Crippen molar-refractivity contribution in [3.8, 4) is 5.75 Å². The van der Waals surface area contributed by atoms with Gasteiger partial charge in [0, 0.05) is 17.6 Å². The third-order valence-electron chi connectivity index (χ3n) is 2.97. The maximum atomic E-state index is 5.80. The lowest BCUT2D eigenvalue weighted by Crippen LogP contribution is -2.42. The van der Waals surface area contributed by atoms with E-state index in [1.807, 2.05) is 18.2 Å². The van der Waals surface area contributed by atoms with Crippen LogP contribution < -0.4 is 10.5 Å². The van der Waals surface area contributed by atoms with Gasteiger partial charge in [-0.3, -0.25) is 0 Å². The molecule has 104 valence electrons. The number of hydrogen-bond acceptors (Lipinski definition) is 4. The predicted octanol–water partition coefficient (Wildman–Crippen LogP) is 1.79. The zero-order valence-electron chi connectivity index (χ0n) is 10.8. The summed E-state index contributed by atoms with van der Waals surface area (Å²) in [5.74, 6) is 0.701. The van der Waals surface area contributed by atoms with Crippen molar-refractivity contribution in [2.75, 3.05) is 33.4 Å². The Hall–Kier alpha value is -0.690. The van der Waals surface area contributed by atoms with Crippen molar-refractivity contribution in [1.82, 2.24) is 4.90 Å². The predicted molar refractivity (Wildman–Crippen MR) is 82.8 cm³/mol. The summed E-state index contributed by atoms with van der Waals surface area (Å²) in [6.07, 6.45) is 0.0848. The lowest BCUT2D eigenvalue weighted by molar-refractivity contribution is -0.0403. The highest BCUT2D eigenvalue weighted by molar-refractivity contribution is 9.10. The molecule has 1 atom stereocenters. The van der Waals surface area contributed by atoms with E-state index in [9.17, 15) is 0 Å². The summed E-state index contributed by atoms with van der Waals surface area (Å²) >= 11 is 8.43. The summed E-state index contributed by atoms with van der Waals surface area (Å²) in [6, 6.07) is 5.64. The molecule has 0 bridgehead atoms. The monoisotopic (exact) mass is 344 g/mol. The van der Waals surface area contributed by atoms with Crippen molar-refractivity contribution in [3.63, 3.8) is 0 Å². The van der Waals surface area contributed by atoms with Crippen molar-refractivity contribution in [2.45, 2.75) is 6.10 Å². The van der Waals surface area contributed by atoms with Gasteiger partial charge in [0.05, 0.1) is 12.2 Å². The summed E-state index contributed by atoms with van der Waals surface area (Å²) < 4.78 is 12.4. The Morgan fingerprint density at radius 1 is 1.63 bits per heavy atom. The molecule has 1 aliphatic rings. The fourth-order valence-corrected chi connectivity index (χ4v) is 2.49. The number of nitrogens with zero attached hydrogens (tertiary/aromatic N) is 1. The van der Waals surface area contributed by atoms with Crippen LogP contribution in [0.25, 0.3) is 0 Å². The zero-order chi connectivity index (χ0) is 13.8. The molecule has 6 heteroatoms. The first-order valence-electron chi connectivity index (χ1n) is 6.08. The van der Waals surface area contributed by atoms with E-state index in [0.29, 0.717) is 17.3 Å². The van der Waals surface area contributed by atoms with Crippen LogP contribution >= 0.6 is 28.1 Å². The van der Waals surface area contributed by atoms with Crippen LogP contribution in [0.5, 0.6) is 5.75 Å². The highest BCUT2D eigenvalue weighted by Gasteiger charge is 2.19. The van der Waals surface area contributed by atoms with Crippen LogP contribution in [0.3, 0.4) is 0 Å². The summed E-state index contributed by atoms with van der Waals surface area (Å²) in [6.45, 7) is 3.08. The molecule has 1 aromatic rings. The Morgan fingerprint density at radius 2 is 2.42 bits per heavy atom. The fraction of sp³-hybridized carbons (Fsp3) is 0.462. The van der Waals surface area contributed by atoms with Crippen molar-refractivity contribution >= 4 is 33.1 Å². The first-order valence-corrected chi connectivity index (χ1v) is 7.28. The fourth-order valence-electron chi connectivity index (χ4n) is 1.97. The third-order valence-corrected chi connectivity index (χ3v) is 3.69. The molecule has 0 spiro atoms. The first-order chi connectivity index (χ1) is 9.06. The molecule has 2 N–H and O–H groups in total. The van der Waals surface area contributed by atoms with Gasteiger partial charge in [0.1, 0.15) is 23.4 Å².